The van der Waals surface area contributed by atoms with Crippen LogP contribution in [0, 0.1) is 0 Å². The summed E-state index contributed by atoms with van der Waals surface area (Å²) in [5.41, 5.74) is 0. The summed E-state index contributed by atoms with van der Waals surface area (Å²) < 4.78 is 164. The van der Waals surface area contributed by atoms with Crippen LogP contribution in [0.15, 0.2) is 0 Å². The van der Waals surface area contributed by atoms with Gasteiger partial charge in [0.15, 0.2) is 0 Å². The molecular formula is C13H14F12O3. The monoisotopic (exact) mass is 446 g/mol. The van der Waals surface area contributed by atoms with E-state index >= 15 is 0 Å². The van der Waals surface area contributed by atoms with E-state index in [1.165, 1.54) is 0 Å². The summed E-state index contributed by atoms with van der Waals surface area (Å²) in [5, 5.41) is 0. The number of hydrogen-bond donors (Lipinski definition) is 0. The minimum Gasteiger partial charge on any atom is -0.327 e. The largest absolute Gasteiger partial charge is 0.459 e. The third kappa shape index (κ3) is 7.13. The fourth-order valence-electron chi connectivity index (χ4n) is 2.02. The summed E-state index contributed by atoms with van der Waals surface area (Å²) in [6.07, 6.45) is -18.9. The van der Waals surface area contributed by atoms with Gasteiger partial charge >= 0.3 is 24.2 Å². The van der Waals surface area contributed by atoms with Gasteiger partial charge in [0.25, 0.3) is 6.48 Å². The highest BCUT2D eigenvalue weighted by molar-refractivity contribution is 4.92. The van der Waals surface area contributed by atoms with E-state index in [1.807, 2.05) is 0 Å². The van der Waals surface area contributed by atoms with Crippen LogP contribution in [0.5, 0.6) is 0 Å². The van der Waals surface area contributed by atoms with Crippen molar-refractivity contribution in [1.29, 1.82) is 0 Å². The molecule has 1 aliphatic heterocycles. The van der Waals surface area contributed by atoms with E-state index in [4.69, 9.17) is 4.74 Å². The maximum absolute atomic E-state index is 13.6. The van der Waals surface area contributed by atoms with E-state index < -0.39 is 81.6 Å². The van der Waals surface area contributed by atoms with Crippen LogP contribution < -0.4 is 0 Å². The predicted molar refractivity (Wildman–Crippen MR) is 66.0 cm³/mol. The molecule has 2 unspecified atom stereocenters. The van der Waals surface area contributed by atoms with Gasteiger partial charge in [-0.1, -0.05) is 0 Å². The average molecular weight is 446 g/mol. The summed E-state index contributed by atoms with van der Waals surface area (Å²) in [6.45, 7) is -4.01. The topological polar surface area (TPSA) is 27.7 Å². The molecule has 1 saturated heterocycles. The Bertz CT molecular complexity index is 502. The van der Waals surface area contributed by atoms with Crippen molar-refractivity contribution in [2.24, 2.45) is 0 Å². The van der Waals surface area contributed by atoms with Crippen molar-refractivity contribution in [2.45, 2.75) is 68.4 Å². The summed E-state index contributed by atoms with van der Waals surface area (Å²) in [4.78, 5) is 0. The van der Waals surface area contributed by atoms with E-state index in [1.54, 1.807) is 0 Å². The van der Waals surface area contributed by atoms with E-state index in [0.717, 1.165) is 0 Å². The zero-order valence-corrected chi connectivity index (χ0v) is 13.7. The molecule has 15 heteroatoms. The number of alkyl halides is 12. The van der Waals surface area contributed by atoms with Crippen LogP contribution in [-0.2, 0) is 14.2 Å². The van der Waals surface area contributed by atoms with Crippen molar-refractivity contribution in [3.05, 3.63) is 0 Å². The normalized spacial score (nSPS) is 22.7. The van der Waals surface area contributed by atoms with Crippen LogP contribution in [0.4, 0.5) is 52.7 Å². The van der Waals surface area contributed by atoms with E-state index in [9.17, 15) is 52.7 Å². The van der Waals surface area contributed by atoms with Crippen LogP contribution in [0.25, 0.3) is 0 Å². The smallest absolute Gasteiger partial charge is 0.327 e. The van der Waals surface area contributed by atoms with Gasteiger partial charge in [-0.25, -0.2) is 8.78 Å². The second-order valence-electron chi connectivity index (χ2n) is 5.98. The van der Waals surface area contributed by atoms with E-state index in [2.05, 4.69) is 9.47 Å². The lowest BCUT2D eigenvalue weighted by molar-refractivity contribution is -0.357. The van der Waals surface area contributed by atoms with Gasteiger partial charge in [0.05, 0.1) is 12.7 Å². The van der Waals surface area contributed by atoms with Gasteiger partial charge in [0.2, 0.25) is 5.92 Å². The molecule has 168 valence electrons. The number of hydrogen-bond acceptors (Lipinski definition) is 3. The van der Waals surface area contributed by atoms with Crippen LogP contribution in [0.2, 0.25) is 0 Å². The Labute approximate surface area is 149 Å². The molecule has 28 heavy (non-hydrogen) atoms. The van der Waals surface area contributed by atoms with Crippen molar-refractivity contribution in [3.63, 3.8) is 0 Å². The van der Waals surface area contributed by atoms with E-state index in [0.29, 0.717) is 0 Å². The molecule has 0 aliphatic carbocycles. The Kier molecular flexibility index (Phi) is 7.54. The average Bonchev–Trinajstić information content (AvgIpc) is 2.96. The third-order valence-corrected chi connectivity index (χ3v) is 3.56. The zero-order chi connectivity index (χ0) is 22.0. The molecule has 0 spiro atoms. The van der Waals surface area contributed by atoms with Gasteiger partial charge < -0.3 is 14.2 Å². The second kappa shape index (κ2) is 8.42. The SMILES string of the molecule is FC(F)(F)COC1OCC(CCC(F)(F)CCC(F)(F)C(F)(F)C(F)(F)F)O1. The highest BCUT2D eigenvalue weighted by atomic mass is 19.4. The zero-order valence-electron chi connectivity index (χ0n) is 13.7. The molecule has 0 saturated carbocycles. The lowest BCUT2D eigenvalue weighted by Crippen LogP contribution is -2.52. The van der Waals surface area contributed by atoms with Gasteiger partial charge in [-0.05, 0) is 6.42 Å². The molecule has 0 amide bonds. The van der Waals surface area contributed by atoms with Gasteiger partial charge in [-0.3, -0.25) is 0 Å². The summed E-state index contributed by atoms with van der Waals surface area (Å²) in [6, 6.07) is 0. The van der Waals surface area contributed by atoms with Gasteiger partial charge in [0, 0.05) is 19.3 Å². The third-order valence-electron chi connectivity index (χ3n) is 3.56. The maximum Gasteiger partial charge on any atom is 0.459 e. The van der Waals surface area contributed by atoms with Gasteiger partial charge in [0.1, 0.15) is 6.61 Å². The first kappa shape index (κ1) is 25.1. The Balaban J connectivity index is 2.46. The Morgan fingerprint density at radius 1 is 0.786 bits per heavy atom. The fourth-order valence-corrected chi connectivity index (χ4v) is 2.02. The second-order valence-corrected chi connectivity index (χ2v) is 5.98. The minimum absolute atomic E-state index is 0.471. The quantitative estimate of drug-likeness (QED) is 0.451. The lowest BCUT2D eigenvalue weighted by atomic mass is 9.99. The molecule has 1 fully saturated rings. The predicted octanol–water partition coefficient (Wildman–Crippen LogP) is 5.29. The highest BCUT2D eigenvalue weighted by Gasteiger charge is 2.72. The summed E-state index contributed by atoms with van der Waals surface area (Å²) in [5.74, 6) is -16.3. The molecule has 0 radical (unpaired) electrons. The molecule has 0 aromatic heterocycles. The van der Waals surface area contributed by atoms with Crippen molar-refractivity contribution in [3.8, 4) is 0 Å². The van der Waals surface area contributed by atoms with Crippen molar-refractivity contribution in [1.82, 2.24) is 0 Å². The number of ether oxygens (including phenoxy) is 3. The molecule has 1 heterocycles. The fraction of sp³-hybridized carbons (Fsp3) is 1.00. The van der Waals surface area contributed by atoms with Crippen LogP contribution >= 0.6 is 0 Å². The first-order valence-corrected chi connectivity index (χ1v) is 7.52. The first-order chi connectivity index (χ1) is 12.4. The van der Waals surface area contributed by atoms with E-state index in [-0.39, 0.29) is 0 Å². The van der Waals surface area contributed by atoms with Crippen LogP contribution in [0.3, 0.4) is 0 Å². The van der Waals surface area contributed by atoms with Gasteiger partial charge in [-0.2, -0.15) is 43.9 Å². The van der Waals surface area contributed by atoms with Crippen molar-refractivity contribution < 1.29 is 66.9 Å². The number of rotatable bonds is 9. The Morgan fingerprint density at radius 2 is 1.36 bits per heavy atom. The molecule has 3 nitrogen and oxygen atoms in total. The van der Waals surface area contributed by atoms with Crippen LogP contribution in [-0.4, -0.2) is 55.9 Å². The number of halogens is 12. The molecule has 0 aromatic carbocycles. The Hall–Kier alpha value is -0.960. The van der Waals surface area contributed by atoms with Crippen molar-refractivity contribution >= 4 is 0 Å². The van der Waals surface area contributed by atoms with Crippen LogP contribution in [0.1, 0.15) is 25.7 Å². The first-order valence-electron chi connectivity index (χ1n) is 7.52. The molecule has 1 rings (SSSR count). The summed E-state index contributed by atoms with van der Waals surface area (Å²) in [7, 11) is 0. The summed E-state index contributed by atoms with van der Waals surface area (Å²) >= 11 is 0. The highest BCUT2D eigenvalue weighted by Crippen LogP contribution is 2.49. The molecule has 2 atom stereocenters. The molecule has 0 bridgehead atoms. The van der Waals surface area contributed by atoms with Gasteiger partial charge in [-0.15, -0.1) is 0 Å². The molecule has 0 aromatic rings. The lowest BCUT2D eigenvalue weighted by Gasteiger charge is -2.29. The molecular weight excluding hydrogens is 432 g/mol. The minimum atomic E-state index is -6.62. The van der Waals surface area contributed by atoms with Crippen molar-refractivity contribution in [2.75, 3.05) is 13.2 Å². The molecule has 1 aliphatic rings. The maximum atomic E-state index is 13.6. The molecule has 0 N–H and O–H groups in total. The Morgan fingerprint density at radius 3 is 1.86 bits per heavy atom. The standard InChI is InChI=1S/C13H14F12O3/c14-9(15,3-4-10(16,17)12(21,22)13(23,24)25)2-1-7-5-26-8(28-7)27-6-11(18,19)20/h7-8H,1-6H2.